The largest absolute Gasteiger partial charge is 0.464 e. The van der Waals surface area contributed by atoms with Gasteiger partial charge in [0.25, 0.3) is 0 Å². The Labute approximate surface area is 146 Å². The molecule has 0 bridgehead atoms. The second-order valence-electron chi connectivity index (χ2n) is 7.95. The summed E-state index contributed by atoms with van der Waals surface area (Å²) in [4.78, 5) is 2.80. The molecule has 2 nitrogen and oxygen atoms in total. The van der Waals surface area contributed by atoms with E-state index in [2.05, 4.69) is 30.0 Å². The molecule has 1 fully saturated rings. The molecule has 2 aliphatic carbocycles. The van der Waals surface area contributed by atoms with Crippen LogP contribution in [0.25, 0.3) is 11.0 Å². The quantitative estimate of drug-likeness (QED) is 0.689. The molecule has 2 aromatic rings. The Morgan fingerprint density at radius 3 is 2.79 bits per heavy atom. The normalized spacial score (nSPS) is 21.7. The van der Waals surface area contributed by atoms with Crippen molar-refractivity contribution in [2.45, 2.75) is 70.8 Å². The molecular weight excluding hydrogens is 294 g/mol. The van der Waals surface area contributed by atoms with E-state index in [1.807, 2.05) is 6.26 Å². The Kier molecular flexibility index (Phi) is 4.93. The highest BCUT2D eigenvalue weighted by Gasteiger charge is 2.25. The summed E-state index contributed by atoms with van der Waals surface area (Å²) in [7, 11) is 0. The maximum absolute atomic E-state index is 5.63. The Bertz CT molecular complexity index is 668. The summed E-state index contributed by atoms with van der Waals surface area (Å²) in [6.07, 6.45) is 14.1. The minimum Gasteiger partial charge on any atom is -0.464 e. The summed E-state index contributed by atoms with van der Waals surface area (Å²) in [5, 5.41) is 1.26. The SMILES string of the molecule is CCCN(CCC1CCCC1)[C@H]1CCc2cc3ccoc3cc2C1. The monoisotopic (exact) mass is 325 g/mol. The van der Waals surface area contributed by atoms with Crippen molar-refractivity contribution in [3.8, 4) is 0 Å². The third kappa shape index (κ3) is 3.39. The lowest BCUT2D eigenvalue weighted by molar-refractivity contribution is 0.168. The van der Waals surface area contributed by atoms with Crippen LogP contribution >= 0.6 is 0 Å². The topological polar surface area (TPSA) is 16.4 Å². The number of furan rings is 1. The number of aryl methyl sites for hydroxylation is 1. The third-order valence-electron chi connectivity index (χ3n) is 6.30. The van der Waals surface area contributed by atoms with E-state index >= 15 is 0 Å². The first-order valence-electron chi connectivity index (χ1n) is 10.1. The van der Waals surface area contributed by atoms with Crippen molar-refractivity contribution in [3.05, 3.63) is 35.6 Å². The van der Waals surface area contributed by atoms with Crippen LogP contribution in [-0.2, 0) is 12.8 Å². The number of rotatable bonds is 6. The summed E-state index contributed by atoms with van der Waals surface area (Å²) < 4.78 is 5.63. The van der Waals surface area contributed by atoms with Gasteiger partial charge < -0.3 is 9.32 Å². The predicted molar refractivity (Wildman–Crippen MR) is 100 cm³/mol. The second-order valence-corrected chi connectivity index (χ2v) is 7.95. The van der Waals surface area contributed by atoms with Crippen molar-refractivity contribution in [3.63, 3.8) is 0 Å². The van der Waals surface area contributed by atoms with Gasteiger partial charge in [-0.25, -0.2) is 0 Å². The first kappa shape index (κ1) is 16.2. The van der Waals surface area contributed by atoms with Crippen LogP contribution in [0.5, 0.6) is 0 Å². The van der Waals surface area contributed by atoms with Gasteiger partial charge in [-0.15, -0.1) is 0 Å². The number of hydrogen-bond acceptors (Lipinski definition) is 2. The van der Waals surface area contributed by atoms with Gasteiger partial charge in [0.2, 0.25) is 0 Å². The van der Waals surface area contributed by atoms with Crippen LogP contribution in [-0.4, -0.2) is 24.0 Å². The van der Waals surface area contributed by atoms with Crippen molar-refractivity contribution in [1.82, 2.24) is 4.90 Å². The summed E-state index contributed by atoms with van der Waals surface area (Å²) in [6, 6.07) is 7.48. The van der Waals surface area contributed by atoms with Crippen molar-refractivity contribution < 1.29 is 4.42 Å². The Balaban J connectivity index is 1.45. The molecule has 0 aliphatic heterocycles. The first-order chi connectivity index (χ1) is 11.8. The Morgan fingerprint density at radius 1 is 1.08 bits per heavy atom. The van der Waals surface area contributed by atoms with E-state index < -0.39 is 0 Å². The maximum atomic E-state index is 5.63. The van der Waals surface area contributed by atoms with Gasteiger partial charge in [-0.05, 0) is 80.4 Å². The van der Waals surface area contributed by atoms with E-state index in [0.29, 0.717) is 0 Å². The van der Waals surface area contributed by atoms with Crippen LogP contribution in [0.4, 0.5) is 0 Å². The zero-order valence-electron chi connectivity index (χ0n) is 15.1. The standard InChI is InChI=1S/C22H31NO/c1-2-11-23(12-9-17-5-3-4-6-17)21-8-7-18-14-19-10-13-24-22(19)16-20(18)15-21/h10,13-14,16-17,21H,2-9,11-12,15H2,1H3/t21-/m0/s1. The summed E-state index contributed by atoms with van der Waals surface area (Å²) in [6.45, 7) is 4.89. The molecule has 0 amide bonds. The molecule has 1 heterocycles. The van der Waals surface area contributed by atoms with Gasteiger partial charge in [-0.1, -0.05) is 32.6 Å². The van der Waals surface area contributed by atoms with Crippen LogP contribution < -0.4 is 0 Å². The molecular formula is C22H31NO. The molecule has 24 heavy (non-hydrogen) atoms. The minimum atomic E-state index is 0.728. The van der Waals surface area contributed by atoms with Crippen LogP contribution in [0.2, 0.25) is 0 Å². The van der Waals surface area contributed by atoms with Crippen LogP contribution in [0.15, 0.2) is 28.9 Å². The molecule has 0 unspecified atom stereocenters. The molecule has 2 aliphatic rings. The molecule has 1 saturated carbocycles. The fraction of sp³-hybridized carbons (Fsp3) is 0.636. The first-order valence-corrected chi connectivity index (χ1v) is 10.1. The molecule has 130 valence electrons. The molecule has 1 aromatic heterocycles. The van der Waals surface area contributed by atoms with E-state index in [1.54, 1.807) is 5.56 Å². The zero-order chi connectivity index (χ0) is 16.4. The zero-order valence-corrected chi connectivity index (χ0v) is 15.1. The lowest BCUT2D eigenvalue weighted by Crippen LogP contribution is -2.40. The highest BCUT2D eigenvalue weighted by Crippen LogP contribution is 2.31. The van der Waals surface area contributed by atoms with Crippen LogP contribution in [0.1, 0.15) is 63.0 Å². The predicted octanol–water partition coefficient (Wildman–Crippen LogP) is 5.58. The molecule has 4 rings (SSSR count). The summed E-state index contributed by atoms with van der Waals surface area (Å²) in [5.74, 6) is 1.00. The van der Waals surface area contributed by atoms with E-state index in [-0.39, 0.29) is 0 Å². The Morgan fingerprint density at radius 2 is 1.96 bits per heavy atom. The smallest absolute Gasteiger partial charge is 0.134 e. The van der Waals surface area contributed by atoms with Gasteiger partial charge in [0.15, 0.2) is 0 Å². The highest BCUT2D eigenvalue weighted by molar-refractivity contribution is 5.79. The van der Waals surface area contributed by atoms with Crippen molar-refractivity contribution >= 4 is 11.0 Å². The van der Waals surface area contributed by atoms with Crippen molar-refractivity contribution in [2.75, 3.05) is 13.1 Å². The molecule has 1 aromatic carbocycles. The maximum Gasteiger partial charge on any atom is 0.134 e. The molecule has 2 heteroatoms. The van der Waals surface area contributed by atoms with Gasteiger partial charge in [0.1, 0.15) is 5.58 Å². The fourth-order valence-corrected chi connectivity index (χ4v) is 4.92. The molecule has 0 N–H and O–H groups in total. The highest BCUT2D eigenvalue weighted by atomic mass is 16.3. The van der Waals surface area contributed by atoms with Gasteiger partial charge in [0, 0.05) is 11.4 Å². The van der Waals surface area contributed by atoms with Crippen LogP contribution in [0.3, 0.4) is 0 Å². The molecule has 1 atom stereocenters. The molecule has 0 spiro atoms. The van der Waals surface area contributed by atoms with E-state index in [9.17, 15) is 0 Å². The van der Waals surface area contributed by atoms with E-state index in [0.717, 1.165) is 17.5 Å². The average molecular weight is 325 g/mol. The Hall–Kier alpha value is -1.28. The minimum absolute atomic E-state index is 0.728. The number of fused-ring (bicyclic) bond motifs is 2. The van der Waals surface area contributed by atoms with Gasteiger partial charge in [-0.2, -0.15) is 0 Å². The van der Waals surface area contributed by atoms with Crippen molar-refractivity contribution in [2.24, 2.45) is 5.92 Å². The number of hydrogen-bond donors (Lipinski definition) is 0. The molecule has 0 radical (unpaired) electrons. The van der Waals surface area contributed by atoms with E-state index in [1.165, 1.54) is 81.8 Å². The summed E-state index contributed by atoms with van der Waals surface area (Å²) >= 11 is 0. The van der Waals surface area contributed by atoms with Gasteiger partial charge in [0.05, 0.1) is 6.26 Å². The van der Waals surface area contributed by atoms with Gasteiger partial charge >= 0.3 is 0 Å². The lowest BCUT2D eigenvalue weighted by atomic mass is 9.86. The van der Waals surface area contributed by atoms with E-state index in [4.69, 9.17) is 4.42 Å². The number of benzene rings is 1. The van der Waals surface area contributed by atoms with Crippen LogP contribution in [0, 0.1) is 5.92 Å². The van der Waals surface area contributed by atoms with Crippen molar-refractivity contribution in [1.29, 1.82) is 0 Å². The lowest BCUT2D eigenvalue weighted by Gasteiger charge is -2.35. The number of nitrogens with zero attached hydrogens (tertiary/aromatic N) is 1. The third-order valence-corrected chi connectivity index (χ3v) is 6.30. The van der Waals surface area contributed by atoms with Gasteiger partial charge in [-0.3, -0.25) is 0 Å². The summed E-state index contributed by atoms with van der Waals surface area (Å²) in [5.41, 5.74) is 4.13. The molecule has 0 saturated heterocycles. The average Bonchev–Trinajstić information content (AvgIpc) is 3.27. The second kappa shape index (κ2) is 7.31. The fourth-order valence-electron chi connectivity index (χ4n) is 4.92.